The molecule has 0 saturated carbocycles. The van der Waals surface area contributed by atoms with Gasteiger partial charge in [-0.3, -0.25) is 9.69 Å². The van der Waals surface area contributed by atoms with Crippen LogP contribution in [0.2, 0.25) is 0 Å². The second-order valence-corrected chi connectivity index (χ2v) is 11.5. The third-order valence-corrected chi connectivity index (χ3v) is 8.47. The van der Waals surface area contributed by atoms with Crippen LogP contribution in [0.15, 0.2) is 89.0 Å². The lowest BCUT2D eigenvalue weighted by atomic mass is 9.79. The minimum absolute atomic E-state index is 0.220. The summed E-state index contributed by atoms with van der Waals surface area (Å²) in [6, 6.07) is 25.0. The molecule has 1 fully saturated rings. The molecule has 0 amide bonds. The number of nitrogens with zero attached hydrogens (tertiary/aromatic N) is 3. The smallest absolute Gasteiger partial charge is 0.312 e. The van der Waals surface area contributed by atoms with E-state index in [9.17, 15) is 9.90 Å². The van der Waals surface area contributed by atoms with Crippen molar-refractivity contribution in [1.29, 1.82) is 0 Å². The molecule has 0 spiro atoms. The van der Waals surface area contributed by atoms with Crippen LogP contribution in [0, 0.1) is 5.41 Å². The highest BCUT2D eigenvalue weighted by Crippen LogP contribution is 2.35. The highest BCUT2D eigenvalue weighted by molar-refractivity contribution is 5.75. The highest BCUT2D eigenvalue weighted by Gasteiger charge is 2.41. The molecule has 3 aromatic carbocycles. The molecule has 0 unspecified atom stereocenters. The molecule has 1 N–H and O–H groups in total. The fourth-order valence-electron chi connectivity index (χ4n) is 5.68. The number of piperidine rings is 1. The molecule has 0 atom stereocenters. The van der Waals surface area contributed by atoms with Gasteiger partial charge in [-0.15, -0.1) is 0 Å². The number of likely N-dealkylation sites (tertiary alicyclic amines) is 1. The zero-order valence-corrected chi connectivity index (χ0v) is 24.5. The Bertz CT molecular complexity index is 1570. The summed E-state index contributed by atoms with van der Waals surface area (Å²) in [6.45, 7) is 3.26. The van der Waals surface area contributed by atoms with Crippen molar-refractivity contribution in [2.45, 2.75) is 32.2 Å². The standard InChI is InChI=1S/C35H37N3O5/c1-41-19-20-42-24-35(34(39)40)15-17-38(18-16-35)23-26-9-11-28(12-10-26)32-36-33(43-37-32)29-13-14-31(27-5-3-2-4-6-27)30(22-29)21-25-7-8-25/h2-7,9-14,22H,8,15-21,23-24H2,1H3,(H,39,40). The number of carboxylic acids is 1. The Balaban J connectivity index is 1.09. The molecule has 1 aliphatic heterocycles. The summed E-state index contributed by atoms with van der Waals surface area (Å²) in [6.07, 6.45) is 5.40. The number of ether oxygens (including phenoxy) is 2. The van der Waals surface area contributed by atoms with Gasteiger partial charge in [0.2, 0.25) is 5.82 Å². The van der Waals surface area contributed by atoms with Gasteiger partial charge in [-0.2, -0.15) is 4.98 Å². The van der Waals surface area contributed by atoms with Gasteiger partial charge in [0, 0.05) is 24.8 Å². The van der Waals surface area contributed by atoms with Crippen molar-refractivity contribution in [3.8, 4) is 34.0 Å². The molecule has 1 aliphatic carbocycles. The molecule has 8 nitrogen and oxygen atoms in total. The average molecular weight is 580 g/mol. The summed E-state index contributed by atoms with van der Waals surface area (Å²) in [5.41, 5.74) is 7.27. The van der Waals surface area contributed by atoms with E-state index in [2.05, 4.69) is 70.7 Å². The Hall–Kier alpha value is -4.11. The van der Waals surface area contributed by atoms with Crippen LogP contribution in [-0.2, 0) is 27.2 Å². The number of rotatable bonds is 13. The Kier molecular flexibility index (Phi) is 8.79. The first-order valence-electron chi connectivity index (χ1n) is 14.9. The maximum Gasteiger partial charge on any atom is 0.312 e. The summed E-state index contributed by atoms with van der Waals surface area (Å²) in [5.74, 6) is 0.279. The average Bonchev–Trinajstić information content (AvgIpc) is 3.72. The van der Waals surface area contributed by atoms with Crippen LogP contribution in [0.25, 0.3) is 34.0 Å². The van der Waals surface area contributed by atoms with E-state index in [0.29, 0.717) is 50.9 Å². The maximum atomic E-state index is 12.1. The maximum absolute atomic E-state index is 12.1. The number of benzene rings is 3. The fraction of sp³-hybridized carbons (Fsp3) is 0.343. The fourth-order valence-corrected chi connectivity index (χ4v) is 5.68. The Labute approximate surface area is 252 Å². The van der Waals surface area contributed by atoms with Gasteiger partial charge in [0.15, 0.2) is 0 Å². The number of hydrogen-bond donors (Lipinski definition) is 1. The van der Waals surface area contributed by atoms with Gasteiger partial charge in [0.25, 0.3) is 5.89 Å². The van der Waals surface area contributed by atoms with Crippen LogP contribution in [0.5, 0.6) is 0 Å². The van der Waals surface area contributed by atoms with Crippen molar-refractivity contribution >= 4 is 5.97 Å². The third-order valence-electron chi connectivity index (χ3n) is 8.47. The molecule has 2 heterocycles. The number of aromatic nitrogens is 2. The molecule has 43 heavy (non-hydrogen) atoms. The molecule has 1 saturated heterocycles. The van der Waals surface area contributed by atoms with Crippen LogP contribution in [-0.4, -0.2) is 66.1 Å². The van der Waals surface area contributed by atoms with Crippen molar-refractivity contribution < 1.29 is 23.9 Å². The molecule has 2 aliphatic rings. The first kappa shape index (κ1) is 29.0. The number of aliphatic carboxylic acids is 1. The van der Waals surface area contributed by atoms with Crippen LogP contribution in [0.4, 0.5) is 0 Å². The number of hydrogen-bond acceptors (Lipinski definition) is 7. The molecule has 0 bridgehead atoms. The normalized spacial score (nSPS) is 16.2. The van der Waals surface area contributed by atoms with Crippen LogP contribution >= 0.6 is 0 Å². The predicted octanol–water partition coefficient (Wildman–Crippen LogP) is 6.27. The van der Waals surface area contributed by atoms with Gasteiger partial charge < -0.3 is 19.1 Å². The van der Waals surface area contributed by atoms with Crippen LogP contribution in [0.3, 0.4) is 0 Å². The van der Waals surface area contributed by atoms with Crippen molar-refractivity contribution in [3.05, 3.63) is 95.6 Å². The van der Waals surface area contributed by atoms with Gasteiger partial charge in [-0.05, 0) is 73.2 Å². The first-order chi connectivity index (χ1) is 21.0. The molecular formula is C35H37N3O5. The molecule has 8 heteroatoms. The van der Waals surface area contributed by atoms with E-state index in [-0.39, 0.29) is 6.61 Å². The molecule has 222 valence electrons. The van der Waals surface area contributed by atoms with Gasteiger partial charge >= 0.3 is 5.97 Å². The first-order valence-corrected chi connectivity index (χ1v) is 14.9. The molecule has 4 aromatic rings. The second kappa shape index (κ2) is 13.0. The van der Waals surface area contributed by atoms with Crippen molar-refractivity contribution in [1.82, 2.24) is 15.0 Å². The monoisotopic (exact) mass is 579 g/mol. The molecular weight excluding hydrogens is 542 g/mol. The summed E-state index contributed by atoms with van der Waals surface area (Å²) >= 11 is 0. The summed E-state index contributed by atoms with van der Waals surface area (Å²) < 4.78 is 16.3. The zero-order valence-electron chi connectivity index (χ0n) is 24.5. The van der Waals surface area contributed by atoms with E-state index in [1.807, 2.05) is 18.2 Å². The van der Waals surface area contributed by atoms with Gasteiger partial charge in [-0.25, -0.2) is 0 Å². The Morgan fingerprint density at radius 2 is 1.72 bits per heavy atom. The Morgan fingerprint density at radius 1 is 0.977 bits per heavy atom. The van der Waals surface area contributed by atoms with Crippen LogP contribution < -0.4 is 0 Å². The molecule has 0 radical (unpaired) electrons. The summed E-state index contributed by atoms with van der Waals surface area (Å²) in [5, 5.41) is 14.2. The number of carbonyl (C=O) groups is 1. The van der Waals surface area contributed by atoms with E-state index in [0.717, 1.165) is 36.1 Å². The van der Waals surface area contributed by atoms with E-state index in [4.69, 9.17) is 19.0 Å². The highest BCUT2D eigenvalue weighted by atomic mass is 16.5. The lowest BCUT2D eigenvalue weighted by Crippen LogP contribution is -2.46. The third kappa shape index (κ3) is 6.94. The van der Waals surface area contributed by atoms with Gasteiger partial charge in [0.1, 0.15) is 0 Å². The second-order valence-electron chi connectivity index (χ2n) is 11.5. The minimum Gasteiger partial charge on any atom is -0.481 e. The summed E-state index contributed by atoms with van der Waals surface area (Å²) in [4.78, 5) is 19.1. The number of carboxylic acid groups (broad SMARTS) is 1. The lowest BCUT2D eigenvalue weighted by molar-refractivity contribution is -0.157. The topological polar surface area (TPSA) is 97.9 Å². The quantitative estimate of drug-likeness (QED) is 0.146. The summed E-state index contributed by atoms with van der Waals surface area (Å²) in [7, 11) is 1.61. The largest absolute Gasteiger partial charge is 0.481 e. The van der Waals surface area contributed by atoms with Gasteiger partial charge in [0.05, 0.1) is 25.2 Å². The van der Waals surface area contributed by atoms with Crippen LogP contribution in [0.1, 0.15) is 30.4 Å². The van der Waals surface area contributed by atoms with E-state index in [1.165, 1.54) is 22.3 Å². The SMILES string of the molecule is COCCOCC1(C(=O)O)CCN(Cc2ccc(-c3noc(-c4ccc(-c5ccccc5)c(CC5=CC5)c4)n3)cc2)CC1. The van der Waals surface area contributed by atoms with Crippen molar-refractivity contribution in [2.24, 2.45) is 5.41 Å². The minimum atomic E-state index is -0.831. The Morgan fingerprint density at radius 3 is 2.42 bits per heavy atom. The van der Waals surface area contributed by atoms with Gasteiger partial charge in [-0.1, -0.05) is 77.5 Å². The lowest BCUT2D eigenvalue weighted by Gasteiger charge is -2.38. The number of methoxy groups -OCH3 is 1. The molecule has 1 aromatic heterocycles. The number of allylic oxidation sites excluding steroid dienone is 2. The van der Waals surface area contributed by atoms with E-state index >= 15 is 0 Å². The van der Waals surface area contributed by atoms with Crippen molar-refractivity contribution in [2.75, 3.05) is 40.0 Å². The van der Waals surface area contributed by atoms with E-state index < -0.39 is 11.4 Å². The van der Waals surface area contributed by atoms with Crippen molar-refractivity contribution in [3.63, 3.8) is 0 Å². The molecule has 6 rings (SSSR count). The predicted molar refractivity (Wildman–Crippen MR) is 164 cm³/mol. The van der Waals surface area contributed by atoms with E-state index in [1.54, 1.807) is 7.11 Å². The zero-order chi connectivity index (χ0) is 29.6.